The fourth-order valence-electron chi connectivity index (χ4n) is 4.28. The van der Waals surface area contributed by atoms with Crippen molar-refractivity contribution in [2.45, 2.75) is 51.1 Å². The van der Waals surface area contributed by atoms with Crippen molar-refractivity contribution in [3.05, 3.63) is 70.7 Å². The van der Waals surface area contributed by atoms with Crippen LogP contribution < -0.4 is 5.32 Å². The van der Waals surface area contributed by atoms with Gasteiger partial charge in [-0.3, -0.25) is 9.59 Å². The Hall–Kier alpha value is -2.04. The Morgan fingerprint density at radius 3 is 2.39 bits per heavy atom. The highest BCUT2D eigenvalue weighted by atomic mass is 35.5. The molecule has 1 aliphatic rings. The van der Waals surface area contributed by atoms with E-state index in [2.05, 4.69) is 12.2 Å². The van der Waals surface area contributed by atoms with Crippen LogP contribution in [0.1, 0.15) is 49.8 Å². The van der Waals surface area contributed by atoms with Crippen molar-refractivity contribution in [2.24, 2.45) is 5.92 Å². The van der Waals surface area contributed by atoms with E-state index >= 15 is 0 Å². The summed E-state index contributed by atoms with van der Waals surface area (Å²) >= 11 is 12.0. The van der Waals surface area contributed by atoms with Crippen molar-refractivity contribution in [2.75, 3.05) is 12.4 Å². The Morgan fingerprint density at radius 2 is 1.74 bits per heavy atom. The smallest absolute Gasteiger partial charge is 0.247 e. The van der Waals surface area contributed by atoms with Crippen LogP contribution in [0.2, 0.25) is 5.02 Å². The Balaban J connectivity index is 1.87. The summed E-state index contributed by atoms with van der Waals surface area (Å²) in [6.07, 6.45) is 5.02. The molecule has 2 aromatic carbocycles. The number of hydrogen-bond acceptors (Lipinski definition) is 2. The van der Waals surface area contributed by atoms with Gasteiger partial charge in [0, 0.05) is 17.6 Å². The first-order chi connectivity index (χ1) is 15.0. The van der Waals surface area contributed by atoms with Crippen LogP contribution in [0.15, 0.2) is 54.6 Å². The van der Waals surface area contributed by atoms with E-state index in [1.54, 1.807) is 17.0 Å². The second kappa shape index (κ2) is 11.5. The van der Waals surface area contributed by atoms with E-state index in [0.717, 1.165) is 30.4 Å². The SMILES string of the molecule is CC1CCCCC1NC(=O)C(c1ccc(Cl)cc1)N(CCc1ccccc1)C(=O)CCl. The van der Waals surface area contributed by atoms with Gasteiger partial charge in [-0.25, -0.2) is 0 Å². The highest BCUT2D eigenvalue weighted by Crippen LogP contribution is 2.28. The fourth-order valence-corrected chi connectivity index (χ4v) is 4.56. The molecule has 0 aromatic heterocycles. The first kappa shape index (κ1) is 23.6. The van der Waals surface area contributed by atoms with Crippen molar-refractivity contribution < 1.29 is 9.59 Å². The highest BCUT2D eigenvalue weighted by molar-refractivity contribution is 6.30. The molecule has 4 nitrogen and oxygen atoms in total. The standard InChI is InChI=1S/C25H30Cl2N2O2/c1-18-7-5-6-10-22(18)28-25(31)24(20-11-13-21(27)14-12-20)29(23(30)17-26)16-15-19-8-3-2-4-9-19/h2-4,8-9,11-14,18,22,24H,5-7,10,15-17H2,1H3,(H,28,31). The zero-order valence-electron chi connectivity index (χ0n) is 17.9. The van der Waals surface area contributed by atoms with Gasteiger partial charge in [0.15, 0.2) is 0 Å². The Morgan fingerprint density at radius 1 is 1.06 bits per heavy atom. The number of benzene rings is 2. The molecule has 3 atom stereocenters. The van der Waals surface area contributed by atoms with Crippen LogP contribution >= 0.6 is 23.2 Å². The van der Waals surface area contributed by atoms with E-state index < -0.39 is 6.04 Å². The largest absolute Gasteiger partial charge is 0.351 e. The first-order valence-corrected chi connectivity index (χ1v) is 11.9. The predicted octanol–water partition coefficient (Wildman–Crippen LogP) is 5.39. The number of alkyl halides is 1. The molecule has 6 heteroatoms. The topological polar surface area (TPSA) is 49.4 Å². The number of nitrogens with one attached hydrogen (secondary N) is 1. The van der Waals surface area contributed by atoms with Gasteiger partial charge in [0.05, 0.1) is 0 Å². The molecule has 0 spiro atoms. The Bertz CT molecular complexity index is 858. The van der Waals surface area contributed by atoms with Crippen LogP contribution in [-0.2, 0) is 16.0 Å². The molecule has 1 fully saturated rings. The van der Waals surface area contributed by atoms with Crippen molar-refractivity contribution in [3.8, 4) is 0 Å². The average molecular weight is 461 g/mol. The molecule has 0 heterocycles. The lowest BCUT2D eigenvalue weighted by Gasteiger charge is -2.35. The minimum absolute atomic E-state index is 0.123. The summed E-state index contributed by atoms with van der Waals surface area (Å²) in [6, 6.07) is 16.4. The lowest BCUT2D eigenvalue weighted by Crippen LogP contribution is -2.49. The third-order valence-corrected chi connectivity index (χ3v) is 6.58. The van der Waals surface area contributed by atoms with Crippen molar-refractivity contribution in [1.82, 2.24) is 10.2 Å². The van der Waals surface area contributed by atoms with Crippen LogP contribution in [-0.4, -0.2) is 35.2 Å². The normalized spacial score (nSPS) is 19.5. The summed E-state index contributed by atoms with van der Waals surface area (Å²) in [4.78, 5) is 28.0. The zero-order valence-corrected chi connectivity index (χ0v) is 19.4. The van der Waals surface area contributed by atoms with Gasteiger partial charge < -0.3 is 10.2 Å². The monoisotopic (exact) mass is 460 g/mol. The summed E-state index contributed by atoms with van der Waals surface area (Å²) in [7, 11) is 0. The van der Waals surface area contributed by atoms with Crippen LogP contribution in [0.5, 0.6) is 0 Å². The van der Waals surface area contributed by atoms with Gasteiger partial charge in [-0.05, 0) is 48.4 Å². The number of carbonyl (C=O) groups excluding carboxylic acids is 2. The molecule has 1 aliphatic carbocycles. The van der Waals surface area contributed by atoms with Crippen LogP contribution in [0, 0.1) is 5.92 Å². The Labute approximate surface area is 194 Å². The third kappa shape index (κ3) is 6.47. The molecule has 2 amide bonds. The maximum atomic E-state index is 13.5. The number of amides is 2. The van der Waals surface area contributed by atoms with Gasteiger partial charge in [0.1, 0.15) is 11.9 Å². The van der Waals surface area contributed by atoms with E-state index in [0.29, 0.717) is 23.9 Å². The van der Waals surface area contributed by atoms with Crippen LogP contribution in [0.3, 0.4) is 0 Å². The molecule has 0 saturated heterocycles. The van der Waals surface area contributed by atoms with Gasteiger partial charge >= 0.3 is 0 Å². The summed E-state index contributed by atoms with van der Waals surface area (Å²) in [5.74, 6) is -0.173. The van der Waals surface area contributed by atoms with Crippen molar-refractivity contribution in [1.29, 1.82) is 0 Å². The molecule has 0 bridgehead atoms. The van der Waals surface area contributed by atoms with Gasteiger partial charge in [0.25, 0.3) is 0 Å². The predicted molar refractivity (Wildman–Crippen MR) is 126 cm³/mol. The van der Waals surface area contributed by atoms with Crippen molar-refractivity contribution >= 4 is 35.0 Å². The number of halogens is 2. The van der Waals surface area contributed by atoms with Crippen LogP contribution in [0.4, 0.5) is 0 Å². The van der Waals surface area contributed by atoms with Gasteiger partial charge in [-0.1, -0.05) is 73.8 Å². The quantitative estimate of drug-likeness (QED) is 0.537. The van der Waals surface area contributed by atoms with Crippen molar-refractivity contribution in [3.63, 3.8) is 0 Å². The molecule has 3 unspecified atom stereocenters. The maximum Gasteiger partial charge on any atom is 0.247 e. The zero-order chi connectivity index (χ0) is 22.2. The van der Waals surface area contributed by atoms with E-state index in [1.807, 2.05) is 42.5 Å². The molecule has 0 radical (unpaired) electrons. The second-order valence-corrected chi connectivity index (χ2v) is 8.99. The molecular formula is C25H30Cl2N2O2. The van der Waals surface area contributed by atoms with Gasteiger partial charge in [-0.15, -0.1) is 11.6 Å². The highest BCUT2D eigenvalue weighted by Gasteiger charge is 2.33. The minimum Gasteiger partial charge on any atom is -0.351 e. The van der Waals surface area contributed by atoms with E-state index in [4.69, 9.17) is 23.2 Å². The second-order valence-electron chi connectivity index (χ2n) is 8.29. The van der Waals surface area contributed by atoms with E-state index in [1.165, 1.54) is 6.42 Å². The summed E-state index contributed by atoms with van der Waals surface area (Å²) in [6.45, 7) is 2.58. The summed E-state index contributed by atoms with van der Waals surface area (Å²) < 4.78 is 0. The molecule has 0 aliphatic heterocycles. The molecular weight excluding hydrogens is 431 g/mol. The lowest BCUT2D eigenvalue weighted by molar-refractivity contribution is -0.139. The van der Waals surface area contributed by atoms with Gasteiger partial charge in [-0.2, -0.15) is 0 Å². The van der Waals surface area contributed by atoms with E-state index in [9.17, 15) is 9.59 Å². The fraction of sp³-hybridized carbons (Fsp3) is 0.440. The first-order valence-electron chi connectivity index (χ1n) is 10.9. The lowest BCUT2D eigenvalue weighted by atomic mass is 9.85. The minimum atomic E-state index is -0.749. The molecule has 2 aromatic rings. The molecule has 166 valence electrons. The molecule has 1 N–H and O–H groups in total. The van der Waals surface area contributed by atoms with E-state index in [-0.39, 0.29) is 23.7 Å². The van der Waals surface area contributed by atoms with Gasteiger partial charge in [0.2, 0.25) is 11.8 Å². The number of rotatable bonds is 8. The molecule has 1 saturated carbocycles. The molecule has 31 heavy (non-hydrogen) atoms. The van der Waals surface area contributed by atoms with Crippen LogP contribution in [0.25, 0.3) is 0 Å². The number of nitrogens with zero attached hydrogens (tertiary/aromatic N) is 1. The Kier molecular flexibility index (Phi) is 8.79. The summed E-state index contributed by atoms with van der Waals surface area (Å²) in [5.41, 5.74) is 1.84. The average Bonchev–Trinajstić information content (AvgIpc) is 2.79. The number of hydrogen-bond donors (Lipinski definition) is 1. The summed E-state index contributed by atoms with van der Waals surface area (Å²) in [5, 5.41) is 3.82. The molecule has 3 rings (SSSR count). The third-order valence-electron chi connectivity index (χ3n) is 6.10. The number of carbonyl (C=O) groups is 2. The maximum absolute atomic E-state index is 13.5.